The van der Waals surface area contributed by atoms with E-state index in [2.05, 4.69) is 0 Å². The van der Waals surface area contributed by atoms with Crippen molar-refractivity contribution in [1.82, 2.24) is 4.90 Å². The smallest absolute Gasteiger partial charge is 0.233 e. The summed E-state index contributed by atoms with van der Waals surface area (Å²) in [6, 6.07) is 13.2. The van der Waals surface area contributed by atoms with E-state index in [-0.39, 0.29) is 12.5 Å². The molecule has 0 saturated heterocycles. The van der Waals surface area contributed by atoms with E-state index in [0.717, 1.165) is 30.9 Å². The molecule has 1 saturated carbocycles. The summed E-state index contributed by atoms with van der Waals surface area (Å²) >= 11 is 0. The summed E-state index contributed by atoms with van der Waals surface area (Å²) in [6.45, 7) is 0.138. The molecule has 0 atom stereocenters. The first-order chi connectivity index (χ1) is 11.0. The van der Waals surface area contributed by atoms with Crippen LogP contribution >= 0.6 is 0 Å². The van der Waals surface area contributed by atoms with Crippen molar-refractivity contribution in [2.24, 2.45) is 0 Å². The lowest BCUT2D eigenvalue weighted by molar-refractivity contribution is -0.140. The van der Waals surface area contributed by atoms with Gasteiger partial charge in [-0.1, -0.05) is 42.8 Å². The average Bonchev–Trinajstić information content (AvgIpc) is 2.50. The monoisotopic (exact) mass is 315 g/mol. The number of amides is 1. The molecule has 1 amide bonds. The Labute approximate surface area is 134 Å². The van der Waals surface area contributed by atoms with Crippen molar-refractivity contribution in [3.8, 4) is 0 Å². The molecule has 2 nitrogen and oxygen atoms in total. The second-order valence-corrected chi connectivity index (χ2v) is 6.20. The van der Waals surface area contributed by atoms with Crippen molar-refractivity contribution < 1.29 is 13.6 Å². The van der Waals surface area contributed by atoms with E-state index in [1.807, 2.05) is 30.3 Å². The second kappa shape index (κ2) is 6.11. The Bertz CT molecular complexity index is 711. The zero-order valence-electron chi connectivity index (χ0n) is 13.1. The zero-order chi connectivity index (χ0) is 16.4. The molecule has 4 heteroatoms. The van der Waals surface area contributed by atoms with Gasteiger partial charge < -0.3 is 4.90 Å². The lowest BCUT2D eigenvalue weighted by Crippen LogP contribution is -2.49. The van der Waals surface area contributed by atoms with Crippen molar-refractivity contribution in [3.05, 3.63) is 71.3 Å². The SMILES string of the molecule is CN(Cc1ccc(F)cc1F)C(=O)C1(c2ccccc2)CCC1. The molecule has 1 fully saturated rings. The van der Waals surface area contributed by atoms with Crippen LogP contribution in [0.4, 0.5) is 8.78 Å². The van der Waals surface area contributed by atoms with Crippen LogP contribution in [0.2, 0.25) is 0 Å². The largest absolute Gasteiger partial charge is 0.341 e. The molecule has 0 bridgehead atoms. The highest BCUT2D eigenvalue weighted by atomic mass is 19.1. The Morgan fingerprint density at radius 2 is 1.83 bits per heavy atom. The molecule has 1 aliphatic rings. The maximum Gasteiger partial charge on any atom is 0.233 e. The molecule has 1 aliphatic carbocycles. The van der Waals surface area contributed by atoms with E-state index in [9.17, 15) is 13.6 Å². The van der Waals surface area contributed by atoms with Crippen LogP contribution in [0, 0.1) is 11.6 Å². The van der Waals surface area contributed by atoms with Gasteiger partial charge in [-0.25, -0.2) is 8.78 Å². The number of carbonyl (C=O) groups is 1. The van der Waals surface area contributed by atoms with Gasteiger partial charge in [0, 0.05) is 25.2 Å². The second-order valence-electron chi connectivity index (χ2n) is 6.20. The fraction of sp³-hybridized carbons (Fsp3) is 0.316. The highest BCUT2D eigenvalue weighted by Gasteiger charge is 2.46. The van der Waals surface area contributed by atoms with Crippen LogP contribution in [0.3, 0.4) is 0 Å². The summed E-state index contributed by atoms with van der Waals surface area (Å²) in [5, 5.41) is 0. The Hall–Kier alpha value is -2.23. The number of halogens is 2. The molecule has 3 rings (SSSR count). The summed E-state index contributed by atoms with van der Waals surface area (Å²) in [5.41, 5.74) is 0.847. The van der Waals surface area contributed by atoms with Crippen molar-refractivity contribution in [2.75, 3.05) is 7.05 Å². The average molecular weight is 315 g/mol. The van der Waals surface area contributed by atoms with Gasteiger partial charge in [0.05, 0.1) is 5.41 Å². The summed E-state index contributed by atoms with van der Waals surface area (Å²) in [7, 11) is 1.67. The van der Waals surface area contributed by atoms with Crippen molar-refractivity contribution in [3.63, 3.8) is 0 Å². The van der Waals surface area contributed by atoms with E-state index in [0.29, 0.717) is 5.56 Å². The predicted octanol–water partition coefficient (Wildman–Crippen LogP) is 4.05. The molecule has 23 heavy (non-hydrogen) atoms. The molecule has 120 valence electrons. The van der Waals surface area contributed by atoms with Gasteiger partial charge >= 0.3 is 0 Å². The zero-order valence-corrected chi connectivity index (χ0v) is 13.1. The van der Waals surface area contributed by atoms with Crippen LogP contribution in [-0.2, 0) is 16.8 Å². The van der Waals surface area contributed by atoms with Gasteiger partial charge in [-0.2, -0.15) is 0 Å². The molecule has 0 aliphatic heterocycles. The number of nitrogens with zero attached hydrogens (tertiary/aromatic N) is 1. The third-order valence-electron chi connectivity index (χ3n) is 4.71. The van der Waals surface area contributed by atoms with E-state index in [1.165, 1.54) is 12.1 Å². The van der Waals surface area contributed by atoms with Crippen LogP contribution in [0.5, 0.6) is 0 Å². The number of carbonyl (C=O) groups excluding carboxylic acids is 1. The van der Waals surface area contributed by atoms with Gasteiger partial charge in [-0.05, 0) is 24.5 Å². The van der Waals surface area contributed by atoms with Gasteiger partial charge in [-0.15, -0.1) is 0 Å². The number of benzene rings is 2. The fourth-order valence-corrected chi connectivity index (χ4v) is 3.26. The van der Waals surface area contributed by atoms with E-state index >= 15 is 0 Å². The van der Waals surface area contributed by atoms with Crippen LogP contribution in [0.25, 0.3) is 0 Å². The first-order valence-corrected chi connectivity index (χ1v) is 7.78. The summed E-state index contributed by atoms with van der Waals surface area (Å²) in [4.78, 5) is 14.5. The quantitative estimate of drug-likeness (QED) is 0.833. The highest BCUT2D eigenvalue weighted by Crippen LogP contribution is 2.45. The first-order valence-electron chi connectivity index (χ1n) is 7.78. The summed E-state index contributed by atoms with van der Waals surface area (Å²) in [6.07, 6.45) is 2.64. The van der Waals surface area contributed by atoms with E-state index in [4.69, 9.17) is 0 Å². The van der Waals surface area contributed by atoms with Gasteiger partial charge in [0.25, 0.3) is 0 Å². The lowest BCUT2D eigenvalue weighted by atomic mass is 9.63. The minimum atomic E-state index is -0.618. The van der Waals surface area contributed by atoms with Gasteiger partial charge in [0.15, 0.2) is 0 Å². The van der Waals surface area contributed by atoms with Crippen LogP contribution < -0.4 is 0 Å². The van der Waals surface area contributed by atoms with Gasteiger partial charge in [0.1, 0.15) is 11.6 Å². The molecule has 0 N–H and O–H groups in total. The molecule has 0 aromatic heterocycles. The molecule has 2 aromatic rings. The van der Waals surface area contributed by atoms with Crippen molar-refractivity contribution >= 4 is 5.91 Å². The fourth-order valence-electron chi connectivity index (χ4n) is 3.26. The van der Waals surface area contributed by atoms with Crippen LogP contribution in [0.15, 0.2) is 48.5 Å². The molecule has 0 radical (unpaired) electrons. The van der Waals surface area contributed by atoms with Crippen LogP contribution in [-0.4, -0.2) is 17.9 Å². The summed E-state index contributed by atoms with van der Waals surface area (Å²) in [5.74, 6) is -1.23. The topological polar surface area (TPSA) is 20.3 Å². The maximum absolute atomic E-state index is 13.8. The third-order valence-corrected chi connectivity index (χ3v) is 4.71. The van der Waals surface area contributed by atoms with Gasteiger partial charge in [-0.3, -0.25) is 4.79 Å². The number of hydrogen-bond donors (Lipinski definition) is 0. The molecule has 0 spiro atoms. The molecular formula is C19H19F2NO. The van der Waals surface area contributed by atoms with E-state index in [1.54, 1.807) is 11.9 Å². The molecule has 2 aromatic carbocycles. The molecule has 0 heterocycles. The Morgan fingerprint density at radius 1 is 1.13 bits per heavy atom. The minimum Gasteiger partial charge on any atom is -0.341 e. The van der Waals surface area contributed by atoms with Gasteiger partial charge in [0.2, 0.25) is 5.91 Å². The lowest BCUT2D eigenvalue weighted by Gasteiger charge is -2.43. The predicted molar refractivity (Wildman–Crippen MR) is 84.8 cm³/mol. The van der Waals surface area contributed by atoms with E-state index < -0.39 is 17.0 Å². The Morgan fingerprint density at radius 3 is 2.39 bits per heavy atom. The first kappa shape index (κ1) is 15.7. The van der Waals surface area contributed by atoms with Crippen LogP contribution in [0.1, 0.15) is 30.4 Å². The number of hydrogen-bond acceptors (Lipinski definition) is 1. The number of likely N-dealkylation sites (N-methyl/N-ethyl adjacent to an activating group) is 1. The Kier molecular flexibility index (Phi) is 4.16. The third kappa shape index (κ3) is 2.85. The standard InChI is InChI=1S/C19H19F2NO/c1-22(13-14-8-9-16(20)12-17(14)21)18(23)19(10-5-11-19)15-6-3-2-4-7-15/h2-4,6-9,12H,5,10-11,13H2,1H3. The normalized spacial score (nSPS) is 15.8. The van der Waals surface area contributed by atoms with Crippen molar-refractivity contribution in [2.45, 2.75) is 31.2 Å². The Balaban J connectivity index is 1.81. The molecule has 0 unspecified atom stereocenters. The van der Waals surface area contributed by atoms with Crippen molar-refractivity contribution in [1.29, 1.82) is 0 Å². The summed E-state index contributed by atoms with van der Waals surface area (Å²) < 4.78 is 26.8. The number of rotatable bonds is 4. The maximum atomic E-state index is 13.8. The molecular weight excluding hydrogens is 296 g/mol. The minimum absolute atomic E-state index is 0.00123. The highest BCUT2D eigenvalue weighted by molar-refractivity contribution is 5.89.